The molecule has 7 heteroatoms. The number of aryl methyl sites for hydroxylation is 1. The number of nitrogens with zero attached hydrogens (tertiary/aromatic N) is 1. The highest BCUT2D eigenvalue weighted by Crippen LogP contribution is 2.32. The second-order valence-electron chi connectivity index (χ2n) is 6.88. The van der Waals surface area contributed by atoms with E-state index in [1.807, 2.05) is 13.0 Å². The molecule has 28 heavy (non-hydrogen) atoms. The van der Waals surface area contributed by atoms with Crippen molar-refractivity contribution in [1.29, 1.82) is 0 Å². The van der Waals surface area contributed by atoms with Crippen molar-refractivity contribution in [3.05, 3.63) is 63.6 Å². The van der Waals surface area contributed by atoms with Crippen LogP contribution in [0.4, 0.5) is 4.79 Å². The van der Waals surface area contributed by atoms with Gasteiger partial charge < -0.3 is 10.1 Å². The molecule has 0 saturated carbocycles. The number of hydrogen-bond acceptors (Lipinski definition) is 4. The average molecular weight is 445 g/mol. The van der Waals surface area contributed by atoms with E-state index in [0.29, 0.717) is 16.9 Å². The number of carbonyl (C=O) groups is 3. The van der Waals surface area contributed by atoms with E-state index in [2.05, 4.69) is 21.2 Å². The minimum absolute atomic E-state index is 0.0320. The molecule has 0 spiro atoms. The molecular formula is C21H21BrN2O4. The summed E-state index contributed by atoms with van der Waals surface area (Å²) in [6, 6.07) is 11.9. The Hall–Kier alpha value is -2.67. The number of halogens is 1. The number of amides is 3. The highest BCUT2D eigenvalue weighted by Gasteiger charge is 2.48. The summed E-state index contributed by atoms with van der Waals surface area (Å²) in [6.45, 7) is 3.58. The average Bonchev–Trinajstić information content (AvgIpc) is 2.89. The van der Waals surface area contributed by atoms with Crippen LogP contribution in [0.5, 0.6) is 5.75 Å². The summed E-state index contributed by atoms with van der Waals surface area (Å²) < 4.78 is 6.13. The largest absolute Gasteiger partial charge is 0.496 e. The SMILES string of the molecule is COc1ccc(C2(C)NC(=O)N(CCC(=O)c3ccc(Br)cc3)C2=O)cc1C. The summed E-state index contributed by atoms with van der Waals surface area (Å²) in [5.41, 5.74) is 0.913. The number of rotatable bonds is 6. The lowest BCUT2D eigenvalue weighted by atomic mass is 9.90. The second kappa shape index (κ2) is 7.75. The molecule has 1 saturated heterocycles. The zero-order valence-electron chi connectivity index (χ0n) is 15.9. The first-order valence-electron chi connectivity index (χ1n) is 8.84. The van der Waals surface area contributed by atoms with E-state index in [4.69, 9.17) is 4.74 Å². The van der Waals surface area contributed by atoms with Crippen molar-refractivity contribution in [2.24, 2.45) is 0 Å². The number of imide groups is 1. The third kappa shape index (κ3) is 3.67. The van der Waals surface area contributed by atoms with E-state index in [9.17, 15) is 14.4 Å². The van der Waals surface area contributed by atoms with Crippen molar-refractivity contribution in [2.45, 2.75) is 25.8 Å². The number of benzene rings is 2. The fourth-order valence-corrected chi connectivity index (χ4v) is 3.54. The lowest BCUT2D eigenvalue weighted by Gasteiger charge is -2.23. The Morgan fingerprint density at radius 3 is 2.46 bits per heavy atom. The van der Waals surface area contributed by atoms with Crippen molar-refractivity contribution in [3.8, 4) is 5.75 Å². The van der Waals surface area contributed by atoms with E-state index in [-0.39, 0.29) is 24.7 Å². The third-order valence-corrected chi connectivity index (χ3v) is 5.50. The minimum atomic E-state index is -1.17. The standard InChI is InChI=1S/C21H21BrN2O4/c1-13-12-15(6-9-18(13)28-3)21(2)19(26)24(20(27)23-21)11-10-17(25)14-4-7-16(22)8-5-14/h4-9,12H,10-11H2,1-3H3,(H,23,27). The fourth-order valence-electron chi connectivity index (χ4n) is 3.28. The van der Waals surface area contributed by atoms with E-state index in [1.165, 1.54) is 0 Å². The van der Waals surface area contributed by atoms with Gasteiger partial charge >= 0.3 is 6.03 Å². The van der Waals surface area contributed by atoms with Gasteiger partial charge in [0.05, 0.1) is 7.11 Å². The molecule has 1 N–H and O–H groups in total. The van der Waals surface area contributed by atoms with Crippen molar-refractivity contribution in [3.63, 3.8) is 0 Å². The fraction of sp³-hybridized carbons (Fsp3) is 0.286. The number of nitrogens with one attached hydrogen (secondary N) is 1. The number of ether oxygens (including phenoxy) is 1. The summed E-state index contributed by atoms with van der Waals surface area (Å²) in [4.78, 5) is 38.9. The molecule has 1 heterocycles. The van der Waals surface area contributed by atoms with Gasteiger partial charge in [-0.15, -0.1) is 0 Å². The molecule has 3 amide bonds. The number of carbonyl (C=O) groups excluding carboxylic acids is 3. The van der Waals surface area contributed by atoms with Gasteiger partial charge in [0.1, 0.15) is 11.3 Å². The molecule has 2 aromatic carbocycles. The van der Waals surface area contributed by atoms with Gasteiger partial charge in [-0.25, -0.2) is 4.79 Å². The first-order valence-corrected chi connectivity index (χ1v) is 9.63. The van der Waals surface area contributed by atoms with Gasteiger partial charge in [0.2, 0.25) is 0 Å². The van der Waals surface area contributed by atoms with Crippen LogP contribution in [0, 0.1) is 6.92 Å². The van der Waals surface area contributed by atoms with E-state index < -0.39 is 11.6 Å². The molecule has 3 rings (SSSR count). The van der Waals surface area contributed by atoms with Crippen LogP contribution in [-0.4, -0.2) is 36.3 Å². The predicted molar refractivity (Wildman–Crippen MR) is 108 cm³/mol. The number of hydrogen-bond donors (Lipinski definition) is 1. The Morgan fingerprint density at radius 1 is 1.18 bits per heavy atom. The number of urea groups is 1. The number of methoxy groups -OCH3 is 1. The van der Waals surface area contributed by atoms with Crippen LogP contribution < -0.4 is 10.1 Å². The Kier molecular flexibility index (Phi) is 5.56. The monoisotopic (exact) mass is 444 g/mol. The maximum Gasteiger partial charge on any atom is 0.325 e. The van der Waals surface area contributed by atoms with Crippen LogP contribution in [0.25, 0.3) is 0 Å². The number of ketones is 1. The van der Waals surface area contributed by atoms with Crippen LogP contribution in [0.2, 0.25) is 0 Å². The molecule has 1 unspecified atom stereocenters. The normalized spacial score (nSPS) is 18.9. The smallest absolute Gasteiger partial charge is 0.325 e. The van der Waals surface area contributed by atoms with Crippen LogP contribution in [0.15, 0.2) is 46.9 Å². The van der Waals surface area contributed by atoms with E-state index in [0.717, 1.165) is 14.9 Å². The Balaban J connectivity index is 1.75. The summed E-state index contributed by atoms with van der Waals surface area (Å²) in [6.07, 6.45) is 0.0680. The first-order chi connectivity index (χ1) is 13.3. The highest BCUT2D eigenvalue weighted by atomic mass is 79.9. The van der Waals surface area contributed by atoms with Gasteiger partial charge in [0.25, 0.3) is 5.91 Å². The molecule has 0 aliphatic carbocycles. The zero-order chi connectivity index (χ0) is 20.5. The van der Waals surface area contributed by atoms with Gasteiger partial charge in [0, 0.05) is 23.0 Å². The second-order valence-corrected chi connectivity index (χ2v) is 7.79. The molecule has 0 bridgehead atoms. The maximum atomic E-state index is 13.0. The molecule has 146 valence electrons. The maximum absolute atomic E-state index is 13.0. The quantitative estimate of drug-likeness (QED) is 0.542. The third-order valence-electron chi connectivity index (χ3n) is 4.98. The first kappa shape index (κ1) is 20.1. The summed E-state index contributed by atoms with van der Waals surface area (Å²) in [7, 11) is 1.58. The number of Topliss-reactive ketones (excluding diaryl/α,β-unsaturated/α-hetero) is 1. The molecule has 6 nitrogen and oxygen atoms in total. The minimum Gasteiger partial charge on any atom is -0.496 e. The van der Waals surface area contributed by atoms with Crippen LogP contribution in [0.1, 0.15) is 34.8 Å². The van der Waals surface area contributed by atoms with E-state index >= 15 is 0 Å². The van der Waals surface area contributed by atoms with Gasteiger partial charge in [0.15, 0.2) is 5.78 Å². The van der Waals surface area contributed by atoms with Gasteiger partial charge in [-0.2, -0.15) is 0 Å². The molecule has 2 aromatic rings. The van der Waals surface area contributed by atoms with Crippen LogP contribution in [-0.2, 0) is 10.3 Å². The Bertz CT molecular complexity index is 942. The van der Waals surface area contributed by atoms with Crippen LogP contribution in [0.3, 0.4) is 0 Å². The van der Waals surface area contributed by atoms with Gasteiger partial charge in [-0.1, -0.05) is 34.1 Å². The summed E-state index contributed by atoms with van der Waals surface area (Å²) >= 11 is 3.33. The summed E-state index contributed by atoms with van der Waals surface area (Å²) in [5.74, 6) is 0.216. The van der Waals surface area contributed by atoms with Crippen molar-refractivity contribution in [1.82, 2.24) is 10.2 Å². The molecular weight excluding hydrogens is 424 g/mol. The van der Waals surface area contributed by atoms with E-state index in [1.54, 1.807) is 50.4 Å². The van der Waals surface area contributed by atoms with Gasteiger partial charge in [-0.05, 0) is 49.2 Å². The molecule has 0 radical (unpaired) electrons. The molecule has 1 atom stereocenters. The predicted octanol–water partition coefficient (Wildman–Crippen LogP) is 3.81. The van der Waals surface area contributed by atoms with Crippen LogP contribution >= 0.6 is 15.9 Å². The van der Waals surface area contributed by atoms with Gasteiger partial charge in [-0.3, -0.25) is 14.5 Å². The summed E-state index contributed by atoms with van der Waals surface area (Å²) in [5, 5.41) is 2.76. The Labute approximate surface area is 172 Å². The van der Waals surface area contributed by atoms with Crippen molar-refractivity contribution in [2.75, 3.05) is 13.7 Å². The molecule has 1 aliphatic rings. The van der Waals surface area contributed by atoms with Crippen molar-refractivity contribution >= 4 is 33.7 Å². The van der Waals surface area contributed by atoms with Crippen molar-refractivity contribution < 1.29 is 19.1 Å². The molecule has 1 aliphatic heterocycles. The Morgan fingerprint density at radius 2 is 1.86 bits per heavy atom. The zero-order valence-corrected chi connectivity index (χ0v) is 17.5. The molecule has 0 aromatic heterocycles. The lowest BCUT2D eigenvalue weighted by molar-refractivity contribution is -0.131. The highest BCUT2D eigenvalue weighted by molar-refractivity contribution is 9.10. The lowest BCUT2D eigenvalue weighted by Crippen LogP contribution is -2.41. The molecule has 1 fully saturated rings. The topological polar surface area (TPSA) is 75.7 Å².